The molecule has 0 aromatic carbocycles. The maximum Gasteiger partial charge on any atom is 0.0693 e. The van der Waals surface area contributed by atoms with Gasteiger partial charge < -0.3 is 15.7 Å². The summed E-state index contributed by atoms with van der Waals surface area (Å²) < 4.78 is 0. The summed E-state index contributed by atoms with van der Waals surface area (Å²) in [6.07, 6.45) is 11.3. The van der Waals surface area contributed by atoms with Crippen LogP contribution in [-0.2, 0) is 0 Å². The van der Waals surface area contributed by atoms with E-state index in [1.165, 1.54) is 57.9 Å². The molecule has 0 bridgehead atoms. The smallest absolute Gasteiger partial charge is 0.0693 e. The third-order valence-electron chi connectivity index (χ3n) is 5.34. The van der Waals surface area contributed by atoms with Crippen molar-refractivity contribution in [3.63, 3.8) is 0 Å². The average Bonchev–Trinajstić information content (AvgIpc) is 3.02. The second-order valence-corrected chi connectivity index (χ2v) is 6.53. The lowest BCUT2D eigenvalue weighted by atomic mass is 9.88. The average molecular weight is 252 g/mol. The Kier molecular flexibility index (Phi) is 4.22. The second-order valence-electron chi connectivity index (χ2n) is 6.53. The van der Waals surface area contributed by atoms with Crippen molar-refractivity contribution in [1.82, 2.24) is 10.6 Å². The van der Waals surface area contributed by atoms with Gasteiger partial charge in [0.2, 0.25) is 0 Å². The van der Waals surface area contributed by atoms with Crippen LogP contribution in [0.1, 0.15) is 57.8 Å². The predicted molar refractivity (Wildman–Crippen MR) is 73.6 cm³/mol. The summed E-state index contributed by atoms with van der Waals surface area (Å²) >= 11 is 0. The molecule has 0 spiro atoms. The molecule has 3 nitrogen and oxygen atoms in total. The van der Waals surface area contributed by atoms with Crippen molar-refractivity contribution >= 4 is 0 Å². The lowest BCUT2D eigenvalue weighted by molar-refractivity contribution is 0.0800. The minimum atomic E-state index is -0.100. The molecule has 0 radical (unpaired) electrons. The lowest BCUT2D eigenvalue weighted by Crippen LogP contribution is -2.51. The Morgan fingerprint density at radius 1 is 0.833 bits per heavy atom. The highest BCUT2D eigenvalue weighted by Gasteiger charge is 2.37. The van der Waals surface area contributed by atoms with Gasteiger partial charge in [-0.3, -0.25) is 0 Å². The van der Waals surface area contributed by atoms with E-state index >= 15 is 0 Å². The highest BCUT2D eigenvalue weighted by atomic mass is 16.3. The number of aliphatic hydroxyl groups is 1. The third kappa shape index (κ3) is 2.73. The van der Waals surface area contributed by atoms with E-state index in [-0.39, 0.29) is 6.10 Å². The molecule has 3 rings (SSSR count). The monoisotopic (exact) mass is 252 g/mol. The van der Waals surface area contributed by atoms with E-state index in [0.717, 1.165) is 18.4 Å². The summed E-state index contributed by atoms with van der Waals surface area (Å²) in [5.41, 5.74) is 0. The largest absolute Gasteiger partial charge is 0.392 e. The Labute approximate surface area is 111 Å². The van der Waals surface area contributed by atoms with E-state index in [9.17, 15) is 5.11 Å². The van der Waals surface area contributed by atoms with Crippen molar-refractivity contribution in [2.45, 2.75) is 82.0 Å². The minimum Gasteiger partial charge on any atom is -0.392 e. The SMILES string of the molecule is OC1CCCCC1NC1CCCC1C1CCCN1. The molecule has 3 fully saturated rings. The Morgan fingerprint density at radius 3 is 2.44 bits per heavy atom. The van der Waals surface area contributed by atoms with Gasteiger partial charge >= 0.3 is 0 Å². The van der Waals surface area contributed by atoms with Crippen LogP contribution in [0.2, 0.25) is 0 Å². The Hall–Kier alpha value is -0.120. The van der Waals surface area contributed by atoms with E-state index in [1.807, 2.05) is 0 Å². The van der Waals surface area contributed by atoms with E-state index < -0.39 is 0 Å². The van der Waals surface area contributed by atoms with Gasteiger partial charge in [0.25, 0.3) is 0 Å². The highest BCUT2D eigenvalue weighted by molar-refractivity contribution is 4.95. The van der Waals surface area contributed by atoms with E-state index in [2.05, 4.69) is 10.6 Å². The molecule has 2 saturated carbocycles. The van der Waals surface area contributed by atoms with Gasteiger partial charge in [-0.05, 0) is 51.0 Å². The molecule has 0 amide bonds. The van der Waals surface area contributed by atoms with Crippen LogP contribution in [0, 0.1) is 5.92 Å². The lowest BCUT2D eigenvalue weighted by Gasteiger charge is -2.34. The van der Waals surface area contributed by atoms with Gasteiger partial charge in [-0.25, -0.2) is 0 Å². The van der Waals surface area contributed by atoms with Gasteiger partial charge in [0.1, 0.15) is 0 Å². The quantitative estimate of drug-likeness (QED) is 0.717. The zero-order chi connectivity index (χ0) is 12.4. The molecule has 3 aliphatic rings. The number of hydrogen-bond donors (Lipinski definition) is 3. The number of nitrogens with one attached hydrogen (secondary N) is 2. The Bertz CT molecular complexity index is 265. The molecular formula is C15H28N2O. The maximum absolute atomic E-state index is 10.1. The van der Waals surface area contributed by atoms with E-state index in [1.54, 1.807) is 0 Å². The summed E-state index contributed by atoms with van der Waals surface area (Å²) in [6, 6.07) is 1.76. The summed E-state index contributed by atoms with van der Waals surface area (Å²) in [5, 5.41) is 17.6. The first-order valence-corrected chi connectivity index (χ1v) is 8.02. The molecule has 1 saturated heterocycles. The van der Waals surface area contributed by atoms with Crippen LogP contribution in [0.3, 0.4) is 0 Å². The molecular weight excluding hydrogens is 224 g/mol. The maximum atomic E-state index is 10.1. The van der Waals surface area contributed by atoms with Crippen molar-refractivity contribution in [2.75, 3.05) is 6.54 Å². The minimum absolute atomic E-state index is 0.100. The predicted octanol–water partition coefficient (Wildman–Crippen LogP) is 1.80. The number of rotatable bonds is 3. The fraction of sp³-hybridized carbons (Fsp3) is 1.00. The van der Waals surface area contributed by atoms with Gasteiger partial charge in [0, 0.05) is 18.1 Å². The molecule has 2 aliphatic carbocycles. The van der Waals surface area contributed by atoms with Crippen LogP contribution in [-0.4, -0.2) is 35.9 Å². The van der Waals surface area contributed by atoms with Crippen molar-refractivity contribution in [1.29, 1.82) is 0 Å². The summed E-state index contributed by atoms with van der Waals surface area (Å²) in [5.74, 6) is 0.807. The highest BCUT2D eigenvalue weighted by Crippen LogP contribution is 2.33. The van der Waals surface area contributed by atoms with E-state index in [4.69, 9.17) is 0 Å². The molecule has 3 heteroatoms. The third-order valence-corrected chi connectivity index (χ3v) is 5.34. The Balaban J connectivity index is 1.56. The van der Waals surface area contributed by atoms with Crippen LogP contribution in [0.5, 0.6) is 0 Å². The molecule has 1 heterocycles. The number of hydrogen-bond acceptors (Lipinski definition) is 3. The molecule has 5 atom stereocenters. The second kappa shape index (κ2) is 5.89. The molecule has 5 unspecified atom stereocenters. The topological polar surface area (TPSA) is 44.3 Å². The van der Waals surface area contributed by atoms with Gasteiger partial charge in [0.15, 0.2) is 0 Å². The molecule has 18 heavy (non-hydrogen) atoms. The first-order chi connectivity index (χ1) is 8.84. The number of aliphatic hydroxyl groups excluding tert-OH is 1. The molecule has 0 aromatic heterocycles. The molecule has 3 N–H and O–H groups in total. The van der Waals surface area contributed by atoms with Gasteiger partial charge in [-0.2, -0.15) is 0 Å². The van der Waals surface area contributed by atoms with Crippen LogP contribution in [0.25, 0.3) is 0 Å². The summed E-state index contributed by atoms with van der Waals surface area (Å²) in [6.45, 7) is 1.21. The zero-order valence-corrected chi connectivity index (χ0v) is 11.4. The van der Waals surface area contributed by atoms with Gasteiger partial charge in [0.05, 0.1) is 6.10 Å². The summed E-state index contributed by atoms with van der Waals surface area (Å²) in [7, 11) is 0. The standard InChI is InChI=1S/C15H28N2O/c18-15-9-2-1-6-14(15)17-13-7-3-5-11(13)12-8-4-10-16-12/h11-18H,1-10H2. The first-order valence-electron chi connectivity index (χ1n) is 8.02. The fourth-order valence-electron chi connectivity index (χ4n) is 4.33. The molecule has 104 valence electrons. The molecule has 0 aromatic rings. The normalized spacial score (nSPS) is 45.5. The van der Waals surface area contributed by atoms with Crippen molar-refractivity contribution in [3.05, 3.63) is 0 Å². The van der Waals surface area contributed by atoms with Crippen LogP contribution in [0.4, 0.5) is 0 Å². The van der Waals surface area contributed by atoms with Gasteiger partial charge in [-0.1, -0.05) is 19.3 Å². The van der Waals surface area contributed by atoms with Crippen LogP contribution < -0.4 is 10.6 Å². The first kappa shape index (κ1) is 12.9. The van der Waals surface area contributed by atoms with Crippen molar-refractivity contribution in [3.8, 4) is 0 Å². The van der Waals surface area contributed by atoms with Crippen LogP contribution in [0.15, 0.2) is 0 Å². The Morgan fingerprint density at radius 2 is 1.67 bits per heavy atom. The zero-order valence-electron chi connectivity index (χ0n) is 11.4. The van der Waals surface area contributed by atoms with Crippen molar-refractivity contribution in [2.24, 2.45) is 5.92 Å². The fourth-order valence-corrected chi connectivity index (χ4v) is 4.33. The van der Waals surface area contributed by atoms with Crippen molar-refractivity contribution < 1.29 is 5.11 Å². The van der Waals surface area contributed by atoms with E-state index in [0.29, 0.717) is 12.1 Å². The van der Waals surface area contributed by atoms with Crippen LogP contribution >= 0.6 is 0 Å². The molecule has 1 aliphatic heterocycles. The van der Waals surface area contributed by atoms with Gasteiger partial charge in [-0.15, -0.1) is 0 Å². The summed E-state index contributed by atoms with van der Waals surface area (Å²) in [4.78, 5) is 0.